The molecule has 1 aromatic carbocycles. The molecule has 0 spiro atoms. The second-order valence-corrected chi connectivity index (χ2v) is 3.72. The van der Waals surface area contributed by atoms with Crippen LogP contribution in [0, 0.1) is 11.8 Å². The minimum absolute atomic E-state index is 0.270. The summed E-state index contributed by atoms with van der Waals surface area (Å²) in [7, 11) is 0. The molecule has 0 aliphatic rings. The first-order valence-corrected chi connectivity index (χ1v) is 5.07. The standard InChI is InChI=1S/C12H8OS/c13-11-6-3-10(4-7-11)5-8-12-2-1-9-14-12/h1-4,6-7,9,13H. The molecule has 0 bridgehead atoms. The molecule has 1 aromatic heterocycles. The Labute approximate surface area is 86.7 Å². The summed E-state index contributed by atoms with van der Waals surface area (Å²) in [5.74, 6) is 6.34. The maximum absolute atomic E-state index is 9.06. The lowest BCUT2D eigenvalue weighted by Crippen LogP contribution is -1.72. The van der Waals surface area contributed by atoms with Gasteiger partial charge in [-0.25, -0.2) is 0 Å². The van der Waals surface area contributed by atoms with Gasteiger partial charge in [0.1, 0.15) is 5.75 Å². The van der Waals surface area contributed by atoms with Crippen LogP contribution in [0.5, 0.6) is 5.75 Å². The summed E-state index contributed by atoms with van der Waals surface area (Å²) in [5.41, 5.74) is 0.913. The van der Waals surface area contributed by atoms with Crippen LogP contribution in [0.25, 0.3) is 0 Å². The Bertz CT molecular complexity index is 457. The van der Waals surface area contributed by atoms with Gasteiger partial charge in [0.15, 0.2) is 0 Å². The second kappa shape index (κ2) is 3.99. The number of aromatic hydroxyl groups is 1. The minimum atomic E-state index is 0.270. The molecule has 0 saturated heterocycles. The van der Waals surface area contributed by atoms with Crippen molar-refractivity contribution in [2.75, 3.05) is 0 Å². The van der Waals surface area contributed by atoms with Gasteiger partial charge in [0.25, 0.3) is 0 Å². The van der Waals surface area contributed by atoms with Crippen LogP contribution in [-0.4, -0.2) is 5.11 Å². The summed E-state index contributed by atoms with van der Waals surface area (Å²) in [4.78, 5) is 1.05. The van der Waals surface area contributed by atoms with Crippen molar-refractivity contribution in [3.05, 3.63) is 52.2 Å². The predicted molar refractivity (Wildman–Crippen MR) is 58.4 cm³/mol. The molecule has 0 fully saturated rings. The van der Waals surface area contributed by atoms with Crippen LogP contribution in [0.4, 0.5) is 0 Å². The summed E-state index contributed by atoms with van der Waals surface area (Å²) in [5, 5.41) is 11.1. The van der Waals surface area contributed by atoms with Gasteiger partial charge in [0, 0.05) is 5.56 Å². The molecule has 0 saturated carbocycles. The Morgan fingerprint density at radius 3 is 2.43 bits per heavy atom. The molecule has 68 valence electrons. The number of phenols is 1. The highest BCUT2D eigenvalue weighted by Gasteiger charge is 1.88. The van der Waals surface area contributed by atoms with Crippen LogP contribution in [0.2, 0.25) is 0 Å². The Hall–Kier alpha value is -1.72. The van der Waals surface area contributed by atoms with Gasteiger partial charge in [-0.15, -0.1) is 11.3 Å². The fraction of sp³-hybridized carbons (Fsp3) is 0. The van der Waals surface area contributed by atoms with Crippen LogP contribution in [0.1, 0.15) is 10.4 Å². The summed E-state index contributed by atoms with van der Waals surface area (Å²) in [6.45, 7) is 0. The number of phenolic OH excluding ortho intramolecular Hbond substituents is 1. The van der Waals surface area contributed by atoms with Crippen molar-refractivity contribution in [2.45, 2.75) is 0 Å². The van der Waals surface area contributed by atoms with Gasteiger partial charge in [-0.1, -0.05) is 17.9 Å². The SMILES string of the molecule is Oc1ccc(C#Cc2cccs2)cc1. The number of rotatable bonds is 0. The Kier molecular flexibility index (Phi) is 2.53. The molecule has 0 amide bonds. The molecule has 0 radical (unpaired) electrons. The fourth-order valence-electron chi connectivity index (χ4n) is 1.03. The highest BCUT2D eigenvalue weighted by Crippen LogP contribution is 2.09. The molecule has 2 heteroatoms. The summed E-state index contributed by atoms with van der Waals surface area (Å²) in [6, 6.07) is 10.8. The van der Waals surface area contributed by atoms with E-state index in [1.54, 1.807) is 35.6 Å². The van der Waals surface area contributed by atoms with Gasteiger partial charge in [-0.3, -0.25) is 0 Å². The zero-order valence-electron chi connectivity index (χ0n) is 7.40. The van der Waals surface area contributed by atoms with Crippen LogP contribution < -0.4 is 0 Å². The van der Waals surface area contributed by atoms with E-state index in [-0.39, 0.29) is 5.75 Å². The molecule has 0 unspecified atom stereocenters. The van der Waals surface area contributed by atoms with Crippen molar-refractivity contribution in [1.29, 1.82) is 0 Å². The van der Waals surface area contributed by atoms with Gasteiger partial charge >= 0.3 is 0 Å². The van der Waals surface area contributed by atoms with Crippen molar-refractivity contribution < 1.29 is 5.11 Å². The van der Waals surface area contributed by atoms with Crippen molar-refractivity contribution in [2.24, 2.45) is 0 Å². The largest absolute Gasteiger partial charge is 0.508 e. The second-order valence-electron chi connectivity index (χ2n) is 2.77. The van der Waals surface area contributed by atoms with Crippen molar-refractivity contribution in [1.82, 2.24) is 0 Å². The maximum atomic E-state index is 9.06. The van der Waals surface area contributed by atoms with Gasteiger partial charge in [0.05, 0.1) is 4.88 Å². The summed E-state index contributed by atoms with van der Waals surface area (Å²) in [6.07, 6.45) is 0. The van der Waals surface area contributed by atoms with E-state index < -0.39 is 0 Å². The minimum Gasteiger partial charge on any atom is -0.508 e. The zero-order valence-corrected chi connectivity index (χ0v) is 8.21. The molecular weight excluding hydrogens is 192 g/mol. The molecule has 1 nitrogen and oxygen atoms in total. The first kappa shape index (κ1) is 8.86. The third kappa shape index (κ3) is 2.15. The molecule has 0 atom stereocenters. The number of hydrogen-bond acceptors (Lipinski definition) is 2. The van der Waals surface area contributed by atoms with E-state index in [0.29, 0.717) is 0 Å². The number of hydrogen-bond donors (Lipinski definition) is 1. The molecule has 14 heavy (non-hydrogen) atoms. The van der Waals surface area contributed by atoms with Gasteiger partial charge in [-0.2, -0.15) is 0 Å². The van der Waals surface area contributed by atoms with E-state index in [4.69, 9.17) is 5.11 Å². The average Bonchev–Trinajstić information content (AvgIpc) is 2.70. The van der Waals surface area contributed by atoms with E-state index in [9.17, 15) is 0 Å². The highest BCUT2D eigenvalue weighted by molar-refractivity contribution is 7.10. The van der Waals surface area contributed by atoms with Gasteiger partial charge in [-0.05, 0) is 35.7 Å². The number of benzene rings is 1. The molecule has 1 heterocycles. The first-order chi connectivity index (χ1) is 6.84. The van der Waals surface area contributed by atoms with Crippen LogP contribution in [-0.2, 0) is 0 Å². The Morgan fingerprint density at radius 1 is 1.00 bits per heavy atom. The highest BCUT2D eigenvalue weighted by atomic mass is 32.1. The van der Waals surface area contributed by atoms with Crippen molar-refractivity contribution >= 4 is 11.3 Å². The summed E-state index contributed by atoms with van der Waals surface area (Å²) >= 11 is 1.62. The van der Waals surface area contributed by atoms with Crippen LogP contribution in [0.3, 0.4) is 0 Å². The van der Waals surface area contributed by atoms with E-state index in [0.717, 1.165) is 10.4 Å². The third-order valence-electron chi connectivity index (χ3n) is 1.72. The molecule has 0 aliphatic carbocycles. The Balaban J connectivity index is 2.22. The first-order valence-electron chi connectivity index (χ1n) is 4.19. The van der Waals surface area contributed by atoms with Crippen LogP contribution in [0.15, 0.2) is 41.8 Å². The van der Waals surface area contributed by atoms with Gasteiger partial charge < -0.3 is 5.11 Å². The quantitative estimate of drug-likeness (QED) is 0.648. The smallest absolute Gasteiger partial charge is 0.115 e. The topological polar surface area (TPSA) is 20.2 Å². The monoisotopic (exact) mass is 200 g/mol. The summed E-state index contributed by atoms with van der Waals surface area (Å²) < 4.78 is 0. The van der Waals surface area contributed by atoms with E-state index in [1.165, 1.54) is 0 Å². The molecule has 2 aromatic rings. The third-order valence-corrected chi connectivity index (χ3v) is 2.50. The fourth-order valence-corrected chi connectivity index (χ4v) is 1.60. The lowest BCUT2D eigenvalue weighted by atomic mass is 10.2. The molecule has 1 N–H and O–H groups in total. The van der Waals surface area contributed by atoms with E-state index in [2.05, 4.69) is 11.8 Å². The lowest BCUT2D eigenvalue weighted by Gasteiger charge is -1.90. The molecule has 0 aliphatic heterocycles. The predicted octanol–water partition coefficient (Wildman–Crippen LogP) is 2.85. The van der Waals surface area contributed by atoms with E-state index in [1.807, 2.05) is 17.5 Å². The van der Waals surface area contributed by atoms with Crippen LogP contribution >= 0.6 is 11.3 Å². The van der Waals surface area contributed by atoms with Crippen molar-refractivity contribution in [3.63, 3.8) is 0 Å². The zero-order chi connectivity index (χ0) is 9.80. The Morgan fingerprint density at radius 2 is 1.79 bits per heavy atom. The van der Waals surface area contributed by atoms with Gasteiger partial charge in [0.2, 0.25) is 0 Å². The van der Waals surface area contributed by atoms with E-state index >= 15 is 0 Å². The number of thiophene rings is 1. The average molecular weight is 200 g/mol. The maximum Gasteiger partial charge on any atom is 0.115 e. The molecule has 2 rings (SSSR count). The molecular formula is C12H8OS. The van der Waals surface area contributed by atoms with Crippen molar-refractivity contribution in [3.8, 4) is 17.6 Å². The lowest BCUT2D eigenvalue weighted by molar-refractivity contribution is 0.475. The normalized spacial score (nSPS) is 9.14.